The number of hydrogen-bond acceptors (Lipinski definition) is 3. The normalized spacial score (nSPS) is 12.6. The van der Waals surface area contributed by atoms with Crippen LogP contribution in [0.15, 0.2) is 255 Å². The molecule has 0 N–H and O–H groups in total. The van der Waals surface area contributed by atoms with E-state index in [-0.39, 0.29) is 0 Å². The van der Waals surface area contributed by atoms with Crippen LogP contribution in [0.25, 0.3) is 71.9 Å². The monoisotopic (exact) mass is 854 g/mol. The summed E-state index contributed by atoms with van der Waals surface area (Å²) in [5.41, 5.74) is 16.9. The number of nitrogens with zero attached hydrogens (tertiary/aromatic N) is 4. The number of anilines is 3. The fourth-order valence-corrected chi connectivity index (χ4v) is 10.7. The first-order chi connectivity index (χ1) is 33.2. The van der Waals surface area contributed by atoms with Gasteiger partial charge in [-0.05, 0) is 116 Å². The van der Waals surface area contributed by atoms with Gasteiger partial charge in [0.25, 0.3) is 0 Å². The Labute approximate surface area is 389 Å². The summed E-state index contributed by atoms with van der Waals surface area (Å²) in [6.45, 7) is 0. The lowest BCUT2D eigenvalue weighted by molar-refractivity contribution is 0.768. The lowest BCUT2D eigenvalue weighted by Gasteiger charge is -2.33. The molecule has 4 nitrogen and oxygen atoms in total. The van der Waals surface area contributed by atoms with E-state index in [0.29, 0.717) is 5.82 Å². The zero-order valence-electron chi connectivity index (χ0n) is 36.5. The summed E-state index contributed by atoms with van der Waals surface area (Å²) in [5.74, 6) is 0.674. The highest BCUT2D eigenvalue weighted by molar-refractivity contribution is 6.10. The lowest BCUT2D eigenvalue weighted by Crippen LogP contribution is -2.28. The molecular weight excluding hydrogens is 813 g/mol. The van der Waals surface area contributed by atoms with Gasteiger partial charge >= 0.3 is 0 Å². The van der Waals surface area contributed by atoms with E-state index in [0.717, 1.165) is 44.7 Å². The molecule has 1 aliphatic rings. The first kappa shape index (κ1) is 38.6. The van der Waals surface area contributed by atoms with Crippen molar-refractivity contribution in [2.24, 2.45) is 0 Å². The van der Waals surface area contributed by atoms with Crippen LogP contribution in [0.2, 0.25) is 0 Å². The molecule has 13 rings (SSSR count). The van der Waals surface area contributed by atoms with E-state index in [1.165, 1.54) is 60.7 Å². The van der Waals surface area contributed by atoms with Crippen LogP contribution in [-0.4, -0.2) is 14.5 Å². The van der Waals surface area contributed by atoms with E-state index in [2.05, 4.69) is 252 Å². The van der Waals surface area contributed by atoms with Gasteiger partial charge in [0, 0.05) is 33.4 Å². The molecular formula is C63H42N4. The van der Waals surface area contributed by atoms with Crippen molar-refractivity contribution in [1.82, 2.24) is 14.5 Å². The van der Waals surface area contributed by atoms with Gasteiger partial charge in [0.05, 0.1) is 34.5 Å². The molecule has 67 heavy (non-hydrogen) atoms. The van der Waals surface area contributed by atoms with E-state index in [1.54, 1.807) is 0 Å². The zero-order valence-corrected chi connectivity index (χ0v) is 36.5. The van der Waals surface area contributed by atoms with Crippen molar-refractivity contribution >= 4 is 49.6 Å². The molecule has 4 heteroatoms. The summed E-state index contributed by atoms with van der Waals surface area (Å²) in [6, 6.07) is 87.7. The van der Waals surface area contributed by atoms with Gasteiger partial charge < -0.3 is 9.47 Å². The molecule has 2 aromatic heterocycles. The van der Waals surface area contributed by atoms with Crippen LogP contribution in [0.4, 0.5) is 17.1 Å². The highest BCUT2D eigenvalue weighted by Gasteiger charge is 2.46. The summed E-state index contributed by atoms with van der Waals surface area (Å²) in [4.78, 5) is 12.4. The Balaban J connectivity index is 0.906. The molecule has 0 fully saturated rings. The summed E-state index contributed by atoms with van der Waals surface area (Å²) in [7, 11) is 0. The van der Waals surface area contributed by atoms with Crippen molar-refractivity contribution in [1.29, 1.82) is 0 Å². The van der Waals surface area contributed by atoms with Crippen molar-refractivity contribution in [2.45, 2.75) is 5.41 Å². The van der Waals surface area contributed by atoms with Gasteiger partial charge in [0.1, 0.15) is 0 Å². The van der Waals surface area contributed by atoms with Crippen molar-refractivity contribution < 1.29 is 0 Å². The summed E-state index contributed by atoms with van der Waals surface area (Å²) >= 11 is 0. The van der Waals surface area contributed by atoms with Crippen molar-refractivity contribution in [3.63, 3.8) is 0 Å². The largest absolute Gasteiger partial charge is 0.309 e. The van der Waals surface area contributed by atoms with Crippen molar-refractivity contribution in [3.8, 4) is 39.3 Å². The molecule has 0 unspecified atom stereocenters. The van der Waals surface area contributed by atoms with Crippen LogP contribution in [0.5, 0.6) is 0 Å². The number of benzene rings is 10. The number of rotatable bonds is 8. The molecule has 10 aromatic carbocycles. The molecule has 0 saturated carbocycles. The molecule has 0 atom stereocenters. The lowest BCUT2D eigenvalue weighted by atomic mass is 9.68. The van der Waals surface area contributed by atoms with Gasteiger partial charge in [-0.1, -0.05) is 182 Å². The maximum Gasteiger partial charge on any atom is 0.159 e. The van der Waals surface area contributed by atoms with Gasteiger partial charge in [-0.2, -0.15) is 0 Å². The van der Waals surface area contributed by atoms with Gasteiger partial charge in [0.2, 0.25) is 0 Å². The minimum atomic E-state index is -0.447. The molecule has 314 valence electrons. The van der Waals surface area contributed by atoms with Crippen molar-refractivity contribution in [2.75, 3.05) is 4.90 Å². The predicted molar refractivity (Wildman–Crippen MR) is 277 cm³/mol. The van der Waals surface area contributed by atoms with Crippen LogP contribution < -0.4 is 4.90 Å². The van der Waals surface area contributed by atoms with E-state index in [9.17, 15) is 0 Å². The number of para-hydroxylation sites is 1. The molecule has 0 aliphatic heterocycles. The Bertz CT molecular complexity index is 3740. The van der Waals surface area contributed by atoms with Crippen molar-refractivity contribution in [3.05, 3.63) is 277 Å². The third-order valence-electron chi connectivity index (χ3n) is 13.8. The molecule has 12 aromatic rings. The second-order valence-corrected chi connectivity index (χ2v) is 17.4. The van der Waals surface area contributed by atoms with Gasteiger partial charge in [0.15, 0.2) is 5.82 Å². The first-order valence-electron chi connectivity index (χ1n) is 22.9. The molecule has 2 heterocycles. The Kier molecular flexibility index (Phi) is 9.04. The van der Waals surface area contributed by atoms with Crippen LogP contribution in [0.1, 0.15) is 22.3 Å². The van der Waals surface area contributed by atoms with Crippen LogP contribution >= 0.6 is 0 Å². The van der Waals surface area contributed by atoms with E-state index >= 15 is 0 Å². The van der Waals surface area contributed by atoms with Gasteiger partial charge in [-0.3, -0.25) is 0 Å². The standard InChI is InChI=1S/C63H42N4/c1-4-16-43(17-5-1)45-28-32-50(33-29-45)66(51-34-30-44-18-10-11-19-46(44)38-51)53-41-64-62(65-42-53)47-31-37-61-57(39-47)55-25-13-15-27-60(55)67(61)52-35-36-59-56(40-52)54-24-12-14-26-58(54)63(59,48-20-6-2-7-21-48)49-22-8-3-9-23-49/h1-42H. The fraction of sp³-hybridized carbons (Fsp3) is 0.0159. The number of hydrogen-bond donors (Lipinski definition) is 0. The zero-order chi connectivity index (χ0) is 44.3. The maximum atomic E-state index is 5.06. The van der Waals surface area contributed by atoms with Gasteiger partial charge in [-0.15, -0.1) is 0 Å². The minimum absolute atomic E-state index is 0.447. The van der Waals surface area contributed by atoms with Crippen LogP contribution in [-0.2, 0) is 5.41 Å². The highest BCUT2D eigenvalue weighted by Crippen LogP contribution is 2.56. The number of fused-ring (bicyclic) bond motifs is 7. The first-order valence-corrected chi connectivity index (χ1v) is 22.9. The average Bonchev–Trinajstić information content (AvgIpc) is 3.90. The quantitative estimate of drug-likeness (QED) is 0.153. The topological polar surface area (TPSA) is 34.0 Å². The third-order valence-corrected chi connectivity index (χ3v) is 13.8. The Hall–Kier alpha value is -8.86. The summed E-state index contributed by atoms with van der Waals surface area (Å²) in [6.07, 6.45) is 3.90. The van der Waals surface area contributed by atoms with E-state index in [4.69, 9.17) is 9.97 Å². The molecule has 1 aliphatic carbocycles. The highest BCUT2D eigenvalue weighted by atomic mass is 15.2. The molecule has 0 bridgehead atoms. The van der Waals surface area contributed by atoms with Crippen LogP contribution in [0, 0.1) is 0 Å². The summed E-state index contributed by atoms with van der Waals surface area (Å²) in [5, 5.41) is 4.71. The molecule has 0 saturated heterocycles. The minimum Gasteiger partial charge on any atom is -0.309 e. The average molecular weight is 855 g/mol. The SMILES string of the molecule is c1ccc(-c2ccc(N(c3cnc(-c4ccc5c(c4)c4ccccc4n5-c4ccc5c(c4)-c4ccccc4C5(c4ccccc4)c4ccccc4)nc3)c3ccc4ccccc4c3)cc2)cc1. The van der Waals surface area contributed by atoms with Gasteiger partial charge in [-0.25, -0.2) is 9.97 Å². The van der Waals surface area contributed by atoms with E-state index in [1.807, 2.05) is 12.4 Å². The number of aromatic nitrogens is 3. The predicted octanol–water partition coefficient (Wildman–Crippen LogP) is 15.9. The fourth-order valence-electron chi connectivity index (χ4n) is 10.7. The Morgan fingerprint density at radius 3 is 1.70 bits per heavy atom. The van der Waals surface area contributed by atoms with E-state index < -0.39 is 5.41 Å². The Morgan fingerprint density at radius 2 is 0.940 bits per heavy atom. The maximum absolute atomic E-state index is 5.06. The second kappa shape index (κ2) is 15.7. The molecule has 0 radical (unpaired) electrons. The van der Waals surface area contributed by atoms with Crippen LogP contribution in [0.3, 0.4) is 0 Å². The third kappa shape index (κ3) is 6.22. The second-order valence-electron chi connectivity index (χ2n) is 17.4. The molecule has 0 amide bonds. The summed E-state index contributed by atoms with van der Waals surface area (Å²) < 4.78 is 2.41. The smallest absolute Gasteiger partial charge is 0.159 e. The Morgan fingerprint density at radius 1 is 0.358 bits per heavy atom. The molecule has 0 spiro atoms.